The van der Waals surface area contributed by atoms with Gasteiger partial charge in [0.15, 0.2) is 0 Å². The number of rotatable bonds is 8. The third-order valence-corrected chi connectivity index (χ3v) is 2.59. The third-order valence-electron chi connectivity index (χ3n) is 2.59. The van der Waals surface area contributed by atoms with Gasteiger partial charge in [0.2, 0.25) is 0 Å². The summed E-state index contributed by atoms with van der Waals surface area (Å²) in [7, 11) is 1.77. The lowest BCUT2D eigenvalue weighted by atomic mass is 10.0. The fraction of sp³-hybridized carbons (Fsp3) is 0.278. The molecule has 0 aromatic carbocycles. The van der Waals surface area contributed by atoms with Crippen molar-refractivity contribution in [2.75, 3.05) is 7.05 Å². The molecule has 0 aliphatic heterocycles. The van der Waals surface area contributed by atoms with Gasteiger partial charge in [-0.05, 0) is 43.6 Å². The lowest BCUT2D eigenvalue weighted by Gasteiger charge is -2.09. The quantitative estimate of drug-likeness (QED) is 0.395. The molecule has 20 heavy (non-hydrogen) atoms. The maximum atomic E-state index is 4.03. The van der Waals surface area contributed by atoms with Crippen molar-refractivity contribution in [3.05, 3.63) is 72.5 Å². The normalized spacial score (nSPS) is 15.7. The Morgan fingerprint density at radius 2 is 1.95 bits per heavy atom. The van der Waals surface area contributed by atoms with Gasteiger partial charge in [0.05, 0.1) is 0 Å². The van der Waals surface area contributed by atoms with Gasteiger partial charge in [-0.2, -0.15) is 0 Å². The number of allylic oxidation sites excluding steroid dienone is 8. The molecular weight excluding hydrogens is 244 g/mol. The van der Waals surface area contributed by atoms with Crippen LogP contribution in [0.4, 0.5) is 0 Å². The smallest absolute Gasteiger partial charge is 0.0408 e. The molecule has 0 saturated heterocycles. The second kappa shape index (κ2) is 10.8. The molecule has 2 nitrogen and oxygen atoms in total. The minimum Gasteiger partial charge on any atom is -0.384 e. The summed E-state index contributed by atoms with van der Waals surface area (Å²) in [6.45, 7) is 13.7. The van der Waals surface area contributed by atoms with Gasteiger partial charge in [-0.15, -0.1) is 6.58 Å². The number of aliphatic imine (C=N–C) groups is 1. The summed E-state index contributed by atoms with van der Waals surface area (Å²) in [6.07, 6.45) is 15.6. The van der Waals surface area contributed by atoms with Crippen molar-refractivity contribution >= 4 is 6.21 Å². The summed E-state index contributed by atoms with van der Waals surface area (Å²) in [4.78, 5) is 4.03. The molecule has 1 atom stereocenters. The van der Waals surface area contributed by atoms with Crippen LogP contribution < -0.4 is 5.32 Å². The van der Waals surface area contributed by atoms with E-state index in [2.05, 4.69) is 36.5 Å². The van der Waals surface area contributed by atoms with Crippen molar-refractivity contribution in [3.63, 3.8) is 0 Å². The van der Waals surface area contributed by atoms with E-state index in [4.69, 9.17) is 0 Å². The molecule has 2 heteroatoms. The van der Waals surface area contributed by atoms with Crippen LogP contribution in [0.1, 0.15) is 20.8 Å². The Bertz CT molecular complexity index is 460. The second-order valence-corrected chi connectivity index (χ2v) is 4.42. The van der Waals surface area contributed by atoms with Gasteiger partial charge in [0, 0.05) is 25.5 Å². The highest BCUT2D eigenvalue weighted by atomic mass is 14.9. The monoisotopic (exact) mass is 270 g/mol. The Hall–Kier alpha value is -2.09. The van der Waals surface area contributed by atoms with Gasteiger partial charge in [-0.25, -0.2) is 0 Å². The van der Waals surface area contributed by atoms with Gasteiger partial charge in [0.1, 0.15) is 0 Å². The summed E-state index contributed by atoms with van der Waals surface area (Å²) in [5.41, 5.74) is 3.19. The van der Waals surface area contributed by atoms with Crippen LogP contribution in [0.5, 0.6) is 0 Å². The molecule has 0 bridgehead atoms. The lowest BCUT2D eigenvalue weighted by molar-refractivity contribution is 0.768. The first-order valence-corrected chi connectivity index (χ1v) is 6.74. The maximum absolute atomic E-state index is 4.03. The standard InChI is InChI=1S/C18H26N2/c1-7-10-11-17(9-3)18(12-15(4)13-19-6)14-20-16(5)8-2/h7-14,16,20H,2-3H2,1,4-6H3/b10-7-,15-12?,17-11+,18-14?,19-13?. The molecule has 0 aromatic rings. The number of hydrogen-bond donors (Lipinski definition) is 1. The largest absolute Gasteiger partial charge is 0.384 e. The van der Waals surface area contributed by atoms with Crippen LogP contribution in [-0.4, -0.2) is 19.3 Å². The summed E-state index contributed by atoms with van der Waals surface area (Å²) in [6, 6.07) is 0.214. The van der Waals surface area contributed by atoms with E-state index < -0.39 is 0 Å². The zero-order valence-corrected chi connectivity index (χ0v) is 13.1. The summed E-state index contributed by atoms with van der Waals surface area (Å²) < 4.78 is 0. The van der Waals surface area contributed by atoms with Gasteiger partial charge >= 0.3 is 0 Å². The molecule has 0 spiro atoms. The molecule has 1 unspecified atom stereocenters. The maximum Gasteiger partial charge on any atom is 0.0408 e. The minimum atomic E-state index is 0.214. The summed E-state index contributed by atoms with van der Waals surface area (Å²) >= 11 is 0. The highest BCUT2D eigenvalue weighted by molar-refractivity contribution is 5.79. The van der Waals surface area contributed by atoms with Crippen LogP contribution in [0, 0.1) is 0 Å². The number of nitrogens with one attached hydrogen (secondary N) is 1. The van der Waals surface area contributed by atoms with E-state index in [-0.39, 0.29) is 6.04 Å². The van der Waals surface area contributed by atoms with Gasteiger partial charge in [-0.3, -0.25) is 4.99 Å². The highest BCUT2D eigenvalue weighted by Crippen LogP contribution is 2.14. The Morgan fingerprint density at radius 1 is 1.25 bits per heavy atom. The summed E-state index contributed by atoms with van der Waals surface area (Å²) in [5, 5.41) is 3.29. The van der Waals surface area contributed by atoms with Gasteiger partial charge < -0.3 is 5.32 Å². The van der Waals surface area contributed by atoms with E-state index in [1.165, 1.54) is 0 Å². The Morgan fingerprint density at radius 3 is 2.45 bits per heavy atom. The first-order valence-electron chi connectivity index (χ1n) is 6.74. The fourth-order valence-electron chi connectivity index (χ4n) is 1.47. The minimum absolute atomic E-state index is 0.214. The topological polar surface area (TPSA) is 24.4 Å². The highest BCUT2D eigenvalue weighted by Gasteiger charge is 2.00. The molecule has 0 fully saturated rings. The fourth-order valence-corrected chi connectivity index (χ4v) is 1.47. The van der Waals surface area contributed by atoms with E-state index in [0.717, 1.165) is 16.7 Å². The zero-order chi connectivity index (χ0) is 15.4. The average Bonchev–Trinajstić information content (AvgIpc) is 2.44. The van der Waals surface area contributed by atoms with Crippen molar-refractivity contribution in [1.82, 2.24) is 5.32 Å². The lowest BCUT2D eigenvalue weighted by Crippen LogP contribution is -2.17. The molecular formula is C18H26N2. The van der Waals surface area contributed by atoms with Crippen molar-refractivity contribution < 1.29 is 0 Å². The van der Waals surface area contributed by atoms with Gasteiger partial charge in [0.25, 0.3) is 0 Å². The van der Waals surface area contributed by atoms with Crippen molar-refractivity contribution in [3.8, 4) is 0 Å². The predicted molar refractivity (Wildman–Crippen MR) is 92.1 cm³/mol. The van der Waals surface area contributed by atoms with Crippen LogP contribution in [0.15, 0.2) is 77.5 Å². The Kier molecular flexibility index (Phi) is 9.67. The first-order chi connectivity index (χ1) is 9.58. The summed E-state index contributed by atoms with van der Waals surface area (Å²) in [5.74, 6) is 0. The van der Waals surface area contributed by atoms with Crippen LogP contribution in [0.25, 0.3) is 0 Å². The van der Waals surface area contributed by atoms with Crippen LogP contribution in [0.2, 0.25) is 0 Å². The molecule has 108 valence electrons. The molecule has 0 rings (SSSR count). The average molecular weight is 270 g/mol. The second-order valence-electron chi connectivity index (χ2n) is 4.42. The van der Waals surface area contributed by atoms with Crippen LogP contribution in [-0.2, 0) is 0 Å². The Balaban J connectivity index is 5.49. The SMILES string of the molecule is C=C/C(=C\C=C/C)C(C=C(C)C=NC)=CNC(C)C=C. The van der Waals surface area contributed by atoms with Crippen molar-refractivity contribution in [2.24, 2.45) is 4.99 Å². The van der Waals surface area contributed by atoms with E-state index in [0.29, 0.717) is 0 Å². The Labute approximate surface area is 123 Å². The zero-order valence-electron chi connectivity index (χ0n) is 13.1. The van der Waals surface area contributed by atoms with E-state index in [1.807, 2.05) is 56.6 Å². The third kappa shape index (κ3) is 7.37. The van der Waals surface area contributed by atoms with E-state index in [9.17, 15) is 0 Å². The molecule has 0 saturated carbocycles. The molecule has 0 radical (unpaired) electrons. The first kappa shape index (κ1) is 17.9. The molecule has 0 aliphatic rings. The van der Waals surface area contributed by atoms with Crippen molar-refractivity contribution in [1.29, 1.82) is 0 Å². The molecule has 0 aromatic heterocycles. The van der Waals surface area contributed by atoms with E-state index in [1.54, 1.807) is 7.05 Å². The predicted octanol–water partition coefficient (Wildman–Crippen LogP) is 4.37. The molecule has 0 heterocycles. The van der Waals surface area contributed by atoms with Crippen molar-refractivity contribution in [2.45, 2.75) is 26.8 Å². The molecule has 1 N–H and O–H groups in total. The number of nitrogens with zero attached hydrogens (tertiary/aromatic N) is 1. The van der Waals surface area contributed by atoms with Gasteiger partial charge in [-0.1, -0.05) is 37.0 Å². The molecule has 0 aliphatic carbocycles. The van der Waals surface area contributed by atoms with E-state index >= 15 is 0 Å². The van der Waals surface area contributed by atoms with Crippen LogP contribution in [0.3, 0.4) is 0 Å². The number of hydrogen-bond acceptors (Lipinski definition) is 2. The molecule has 0 amide bonds. The van der Waals surface area contributed by atoms with Crippen LogP contribution >= 0.6 is 0 Å².